The smallest absolute Gasteiger partial charge is 0.341 e. The number of carbonyl (C=O) groups excluding carboxylic acids is 2. The maximum Gasteiger partial charge on any atom is 0.341 e. The Morgan fingerprint density at radius 1 is 0.808 bits per heavy atom. The predicted molar refractivity (Wildman–Crippen MR) is 104 cm³/mol. The summed E-state index contributed by atoms with van der Waals surface area (Å²) in [4.78, 5) is 24.0. The van der Waals surface area contributed by atoms with Crippen LogP contribution in [-0.2, 0) is 14.3 Å². The van der Waals surface area contributed by atoms with Crippen LogP contribution in [0.1, 0.15) is 94.8 Å². The van der Waals surface area contributed by atoms with Crippen LogP contribution in [-0.4, -0.2) is 18.2 Å². The molecule has 0 fully saturated rings. The van der Waals surface area contributed by atoms with E-state index in [-0.39, 0.29) is 5.97 Å². The summed E-state index contributed by atoms with van der Waals surface area (Å²) in [5.74, 6) is -0.752. The SMILES string of the molecule is CCCCCCCCCCC(OC(=O)CCC)OC(=O)c1ccccc1. The molecule has 0 N–H and O–H groups in total. The zero-order valence-corrected chi connectivity index (χ0v) is 16.4. The van der Waals surface area contributed by atoms with E-state index in [1.54, 1.807) is 24.3 Å². The number of carbonyl (C=O) groups is 2. The molecule has 0 saturated carbocycles. The number of ether oxygens (including phenoxy) is 2. The number of hydrogen-bond acceptors (Lipinski definition) is 4. The predicted octanol–water partition coefficient (Wildman–Crippen LogP) is 6.04. The Morgan fingerprint density at radius 3 is 2.04 bits per heavy atom. The fraction of sp³-hybridized carbons (Fsp3) is 0.636. The van der Waals surface area contributed by atoms with Gasteiger partial charge in [0, 0.05) is 12.8 Å². The minimum Gasteiger partial charge on any atom is -0.425 e. The molecule has 4 nitrogen and oxygen atoms in total. The maximum absolute atomic E-state index is 12.2. The van der Waals surface area contributed by atoms with Crippen LogP contribution in [0.15, 0.2) is 30.3 Å². The first-order chi connectivity index (χ1) is 12.7. The third-order valence-electron chi connectivity index (χ3n) is 4.26. The van der Waals surface area contributed by atoms with Crippen molar-refractivity contribution in [1.29, 1.82) is 0 Å². The van der Waals surface area contributed by atoms with Gasteiger partial charge < -0.3 is 9.47 Å². The van der Waals surface area contributed by atoms with Gasteiger partial charge in [-0.1, -0.05) is 77.0 Å². The zero-order valence-electron chi connectivity index (χ0n) is 16.4. The van der Waals surface area contributed by atoms with Crippen molar-refractivity contribution in [3.63, 3.8) is 0 Å². The molecule has 1 aromatic rings. The lowest BCUT2D eigenvalue weighted by Crippen LogP contribution is -2.24. The van der Waals surface area contributed by atoms with Gasteiger partial charge in [0.1, 0.15) is 0 Å². The number of unbranched alkanes of at least 4 members (excludes halogenated alkanes) is 7. The fourth-order valence-electron chi connectivity index (χ4n) is 2.76. The van der Waals surface area contributed by atoms with Crippen molar-refractivity contribution in [2.45, 2.75) is 90.8 Å². The first kappa shape index (κ1) is 22.2. The molecule has 0 aliphatic heterocycles. The van der Waals surface area contributed by atoms with Gasteiger partial charge in [-0.15, -0.1) is 0 Å². The molecule has 1 atom stereocenters. The van der Waals surface area contributed by atoms with Gasteiger partial charge in [-0.2, -0.15) is 0 Å². The minimum atomic E-state index is -0.790. The molecule has 0 aliphatic rings. The van der Waals surface area contributed by atoms with Crippen LogP contribution >= 0.6 is 0 Å². The van der Waals surface area contributed by atoms with E-state index in [0.717, 1.165) is 19.3 Å². The van der Waals surface area contributed by atoms with Crippen molar-refractivity contribution in [2.24, 2.45) is 0 Å². The van der Waals surface area contributed by atoms with Gasteiger partial charge in [0.05, 0.1) is 5.56 Å². The van der Waals surface area contributed by atoms with Crippen LogP contribution in [0.25, 0.3) is 0 Å². The van der Waals surface area contributed by atoms with Crippen molar-refractivity contribution >= 4 is 11.9 Å². The molecule has 4 heteroatoms. The molecule has 1 unspecified atom stereocenters. The molecule has 0 saturated heterocycles. The molecule has 1 aromatic carbocycles. The fourth-order valence-corrected chi connectivity index (χ4v) is 2.76. The van der Waals surface area contributed by atoms with E-state index in [4.69, 9.17) is 9.47 Å². The summed E-state index contributed by atoms with van der Waals surface area (Å²) in [6.45, 7) is 4.14. The molecular weight excluding hydrogens is 328 g/mol. The average molecular weight is 363 g/mol. The Bertz CT molecular complexity index is 498. The number of rotatable bonds is 14. The molecule has 0 bridgehead atoms. The topological polar surface area (TPSA) is 52.6 Å². The molecule has 0 aliphatic carbocycles. The number of esters is 2. The summed E-state index contributed by atoms with van der Waals surface area (Å²) >= 11 is 0. The van der Waals surface area contributed by atoms with Crippen molar-refractivity contribution in [3.8, 4) is 0 Å². The van der Waals surface area contributed by atoms with Gasteiger partial charge in [-0.3, -0.25) is 4.79 Å². The first-order valence-electron chi connectivity index (χ1n) is 10.1. The lowest BCUT2D eigenvalue weighted by molar-refractivity contribution is -0.169. The highest BCUT2D eigenvalue weighted by molar-refractivity contribution is 5.89. The summed E-state index contributed by atoms with van der Waals surface area (Å²) in [7, 11) is 0. The molecule has 26 heavy (non-hydrogen) atoms. The standard InChI is InChI=1S/C22H34O4/c1-3-5-6-7-8-9-10-14-18-21(25-20(23)15-4-2)26-22(24)19-16-12-11-13-17-19/h11-13,16-17,21H,3-10,14-15,18H2,1-2H3. The summed E-state index contributed by atoms with van der Waals surface area (Å²) in [6, 6.07) is 8.81. The highest BCUT2D eigenvalue weighted by Gasteiger charge is 2.19. The average Bonchev–Trinajstić information content (AvgIpc) is 2.64. The van der Waals surface area contributed by atoms with E-state index in [2.05, 4.69) is 6.92 Å². The Kier molecular flexibility index (Phi) is 12.2. The van der Waals surface area contributed by atoms with Crippen LogP contribution in [0.2, 0.25) is 0 Å². The lowest BCUT2D eigenvalue weighted by atomic mass is 10.1. The van der Waals surface area contributed by atoms with E-state index in [1.165, 1.54) is 38.5 Å². The highest BCUT2D eigenvalue weighted by Crippen LogP contribution is 2.15. The van der Waals surface area contributed by atoms with Crippen LogP contribution in [0.5, 0.6) is 0 Å². The minimum absolute atomic E-state index is 0.307. The second-order valence-corrected chi connectivity index (χ2v) is 6.70. The maximum atomic E-state index is 12.2. The van der Waals surface area contributed by atoms with Gasteiger partial charge in [-0.05, 0) is 25.0 Å². The van der Waals surface area contributed by atoms with Crippen molar-refractivity contribution in [2.75, 3.05) is 0 Å². The normalized spacial score (nSPS) is 11.8. The second kappa shape index (κ2) is 14.3. The van der Waals surface area contributed by atoms with Crippen LogP contribution in [0.3, 0.4) is 0 Å². The first-order valence-corrected chi connectivity index (χ1v) is 10.1. The van der Waals surface area contributed by atoms with E-state index in [9.17, 15) is 9.59 Å². The van der Waals surface area contributed by atoms with E-state index >= 15 is 0 Å². The van der Waals surface area contributed by atoms with Gasteiger partial charge in [0.2, 0.25) is 6.29 Å². The Hall–Kier alpha value is -1.84. The number of benzene rings is 1. The summed E-state index contributed by atoms with van der Waals surface area (Å²) in [5.41, 5.74) is 0.472. The molecule has 0 amide bonds. The third kappa shape index (κ3) is 10.2. The van der Waals surface area contributed by atoms with E-state index in [0.29, 0.717) is 18.4 Å². The lowest BCUT2D eigenvalue weighted by Gasteiger charge is -2.18. The van der Waals surface area contributed by atoms with Gasteiger partial charge >= 0.3 is 11.9 Å². The Morgan fingerprint density at radius 2 is 1.42 bits per heavy atom. The summed E-state index contributed by atoms with van der Waals surface area (Å²) in [5, 5.41) is 0. The molecule has 146 valence electrons. The third-order valence-corrected chi connectivity index (χ3v) is 4.26. The van der Waals surface area contributed by atoms with Crippen molar-refractivity contribution < 1.29 is 19.1 Å². The highest BCUT2D eigenvalue weighted by atomic mass is 16.7. The molecule has 1 rings (SSSR count). The largest absolute Gasteiger partial charge is 0.425 e. The van der Waals surface area contributed by atoms with Crippen LogP contribution in [0, 0.1) is 0 Å². The molecule has 0 spiro atoms. The molecular formula is C22H34O4. The van der Waals surface area contributed by atoms with Crippen molar-refractivity contribution in [1.82, 2.24) is 0 Å². The quantitative estimate of drug-likeness (QED) is 0.230. The van der Waals surface area contributed by atoms with Gasteiger partial charge in [-0.25, -0.2) is 4.79 Å². The Balaban J connectivity index is 2.38. The van der Waals surface area contributed by atoms with Gasteiger partial charge in [0.15, 0.2) is 0 Å². The van der Waals surface area contributed by atoms with E-state index < -0.39 is 12.3 Å². The summed E-state index contributed by atoms with van der Waals surface area (Å²) in [6.07, 6.45) is 10.4. The van der Waals surface area contributed by atoms with Crippen LogP contribution < -0.4 is 0 Å². The Labute approximate surface area is 158 Å². The molecule has 0 aromatic heterocycles. The molecule has 0 heterocycles. The van der Waals surface area contributed by atoms with Crippen molar-refractivity contribution in [3.05, 3.63) is 35.9 Å². The second-order valence-electron chi connectivity index (χ2n) is 6.70. The molecule has 0 radical (unpaired) electrons. The zero-order chi connectivity index (χ0) is 19.0. The number of hydrogen-bond donors (Lipinski definition) is 0. The van der Waals surface area contributed by atoms with Gasteiger partial charge in [0.25, 0.3) is 0 Å². The monoisotopic (exact) mass is 362 g/mol. The summed E-state index contributed by atoms with van der Waals surface area (Å²) < 4.78 is 10.8. The van der Waals surface area contributed by atoms with E-state index in [1.807, 2.05) is 13.0 Å². The van der Waals surface area contributed by atoms with Crippen LogP contribution in [0.4, 0.5) is 0 Å².